The average Bonchev–Trinajstić information content (AvgIpc) is 2.02. The van der Waals surface area contributed by atoms with Crippen molar-refractivity contribution in [1.82, 2.24) is 5.32 Å². The van der Waals surface area contributed by atoms with Crippen LogP contribution >= 0.6 is 11.8 Å². The molecule has 0 unspecified atom stereocenters. The third kappa shape index (κ3) is 10.3. The van der Waals surface area contributed by atoms with Gasteiger partial charge in [0.2, 0.25) is 0 Å². The predicted molar refractivity (Wildman–Crippen MR) is 57.0 cm³/mol. The molecule has 0 rings (SSSR count). The van der Waals surface area contributed by atoms with E-state index in [1.54, 1.807) is 7.11 Å². The van der Waals surface area contributed by atoms with Gasteiger partial charge < -0.3 is 10.1 Å². The molecule has 74 valence electrons. The standard InChI is InChI=1S/C9H21NOS/c1-9(2)10-5-4-7-12-8-6-11-3/h9-10H,4-8H2,1-3H3. The first-order valence-corrected chi connectivity index (χ1v) is 5.73. The summed E-state index contributed by atoms with van der Waals surface area (Å²) >= 11 is 1.96. The van der Waals surface area contributed by atoms with E-state index >= 15 is 0 Å². The van der Waals surface area contributed by atoms with Crippen LogP contribution in [0.25, 0.3) is 0 Å². The molecular weight excluding hydrogens is 170 g/mol. The summed E-state index contributed by atoms with van der Waals surface area (Å²) in [7, 11) is 1.75. The SMILES string of the molecule is COCCSCCCNC(C)C. The molecule has 0 atom stereocenters. The van der Waals surface area contributed by atoms with Gasteiger partial charge in [-0.3, -0.25) is 0 Å². The number of ether oxygens (including phenoxy) is 1. The molecule has 3 heteroatoms. The van der Waals surface area contributed by atoms with Gasteiger partial charge in [0.1, 0.15) is 0 Å². The van der Waals surface area contributed by atoms with Gasteiger partial charge in [-0.25, -0.2) is 0 Å². The molecule has 0 aromatic heterocycles. The highest BCUT2D eigenvalue weighted by atomic mass is 32.2. The van der Waals surface area contributed by atoms with Crippen molar-refractivity contribution >= 4 is 11.8 Å². The first-order valence-electron chi connectivity index (χ1n) is 4.57. The molecule has 0 aromatic rings. The topological polar surface area (TPSA) is 21.3 Å². The lowest BCUT2D eigenvalue weighted by Crippen LogP contribution is -2.23. The lowest BCUT2D eigenvalue weighted by atomic mass is 10.4. The van der Waals surface area contributed by atoms with Crippen LogP contribution in [0.5, 0.6) is 0 Å². The van der Waals surface area contributed by atoms with Crippen molar-refractivity contribution in [3.8, 4) is 0 Å². The van der Waals surface area contributed by atoms with Crippen molar-refractivity contribution in [3.63, 3.8) is 0 Å². The van der Waals surface area contributed by atoms with E-state index in [1.807, 2.05) is 11.8 Å². The number of nitrogens with one attached hydrogen (secondary N) is 1. The summed E-state index contributed by atoms with van der Waals surface area (Å²) in [4.78, 5) is 0. The molecular formula is C9H21NOS. The van der Waals surface area contributed by atoms with Crippen LogP contribution < -0.4 is 5.32 Å². The van der Waals surface area contributed by atoms with Crippen LogP contribution in [0.15, 0.2) is 0 Å². The van der Waals surface area contributed by atoms with Crippen LogP contribution in [0.2, 0.25) is 0 Å². The highest BCUT2D eigenvalue weighted by Crippen LogP contribution is 2.00. The molecule has 0 saturated heterocycles. The van der Waals surface area contributed by atoms with Crippen molar-refractivity contribution in [2.45, 2.75) is 26.3 Å². The van der Waals surface area contributed by atoms with E-state index < -0.39 is 0 Å². The summed E-state index contributed by atoms with van der Waals surface area (Å²) in [5.74, 6) is 2.36. The maximum atomic E-state index is 4.95. The second-order valence-electron chi connectivity index (χ2n) is 3.07. The zero-order valence-corrected chi connectivity index (χ0v) is 9.25. The molecule has 0 heterocycles. The van der Waals surface area contributed by atoms with Gasteiger partial charge in [-0.2, -0.15) is 11.8 Å². The molecule has 0 aliphatic rings. The van der Waals surface area contributed by atoms with Crippen LogP contribution in [0.1, 0.15) is 20.3 Å². The fourth-order valence-corrected chi connectivity index (χ4v) is 1.65. The first kappa shape index (κ1) is 12.3. The Morgan fingerprint density at radius 1 is 1.33 bits per heavy atom. The van der Waals surface area contributed by atoms with Gasteiger partial charge in [-0.1, -0.05) is 13.8 Å². The van der Waals surface area contributed by atoms with Crippen molar-refractivity contribution in [2.75, 3.05) is 31.8 Å². The minimum Gasteiger partial charge on any atom is -0.384 e. The molecule has 0 bridgehead atoms. The van der Waals surface area contributed by atoms with E-state index in [4.69, 9.17) is 4.74 Å². The van der Waals surface area contributed by atoms with Gasteiger partial charge in [-0.05, 0) is 18.7 Å². The van der Waals surface area contributed by atoms with Gasteiger partial charge in [0.05, 0.1) is 6.61 Å². The number of thioether (sulfide) groups is 1. The van der Waals surface area contributed by atoms with E-state index in [2.05, 4.69) is 19.2 Å². The molecule has 0 aliphatic carbocycles. The molecule has 1 N–H and O–H groups in total. The maximum Gasteiger partial charge on any atom is 0.0552 e. The van der Waals surface area contributed by atoms with Crippen LogP contribution in [0.3, 0.4) is 0 Å². The van der Waals surface area contributed by atoms with E-state index in [0.29, 0.717) is 6.04 Å². The molecule has 0 saturated carbocycles. The quantitative estimate of drug-likeness (QED) is 0.591. The van der Waals surface area contributed by atoms with Crippen LogP contribution in [0, 0.1) is 0 Å². The number of methoxy groups -OCH3 is 1. The average molecular weight is 191 g/mol. The Kier molecular flexibility index (Phi) is 9.57. The zero-order chi connectivity index (χ0) is 9.23. The van der Waals surface area contributed by atoms with Crippen molar-refractivity contribution < 1.29 is 4.74 Å². The molecule has 12 heavy (non-hydrogen) atoms. The Balaban J connectivity index is 2.82. The highest BCUT2D eigenvalue weighted by Gasteiger charge is 1.92. The normalized spacial score (nSPS) is 11.0. The minimum absolute atomic E-state index is 0.619. The van der Waals surface area contributed by atoms with Crippen LogP contribution in [-0.2, 0) is 4.74 Å². The third-order valence-electron chi connectivity index (χ3n) is 1.45. The van der Waals surface area contributed by atoms with Gasteiger partial charge in [0.15, 0.2) is 0 Å². The van der Waals surface area contributed by atoms with Gasteiger partial charge in [0.25, 0.3) is 0 Å². The summed E-state index contributed by atoms with van der Waals surface area (Å²) in [5, 5.41) is 3.39. The number of hydrogen-bond donors (Lipinski definition) is 1. The first-order chi connectivity index (χ1) is 5.77. The summed E-state index contributed by atoms with van der Waals surface area (Å²) in [6.45, 7) is 6.37. The summed E-state index contributed by atoms with van der Waals surface area (Å²) in [6.07, 6.45) is 1.26. The predicted octanol–water partition coefficient (Wildman–Crippen LogP) is 1.75. The van der Waals surface area contributed by atoms with Crippen molar-refractivity contribution in [2.24, 2.45) is 0 Å². The zero-order valence-electron chi connectivity index (χ0n) is 8.43. The van der Waals surface area contributed by atoms with Gasteiger partial charge in [0, 0.05) is 18.9 Å². The van der Waals surface area contributed by atoms with Crippen molar-refractivity contribution in [3.05, 3.63) is 0 Å². The molecule has 0 fully saturated rings. The third-order valence-corrected chi connectivity index (χ3v) is 2.48. The molecule has 0 radical (unpaired) electrons. The Morgan fingerprint density at radius 3 is 2.67 bits per heavy atom. The monoisotopic (exact) mass is 191 g/mol. The number of hydrogen-bond acceptors (Lipinski definition) is 3. The Hall–Kier alpha value is 0.270. The Morgan fingerprint density at radius 2 is 2.08 bits per heavy atom. The Bertz CT molecular complexity index is 88.6. The van der Waals surface area contributed by atoms with Crippen LogP contribution in [-0.4, -0.2) is 37.8 Å². The van der Waals surface area contributed by atoms with E-state index in [0.717, 1.165) is 18.9 Å². The minimum atomic E-state index is 0.619. The summed E-state index contributed by atoms with van der Waals surface area (Å²) in [6, 6.07) is 0.619. The molecule has 0 aromatic carbocycles. The second kappa shape index (κ2) is 9.36. The largest absolute Gasteiger partial charge is 0.384 e. The van der Waals surface area contributed by atoms with Gasteiger partial charge >= 0.3 is 0 Å². The van der Waals surface area contributed by atoms with E-state index in [-0.39, 0.29) is 0 Å². The summed E-state index contributed by atoms with van der Waals surface area (Å²) in [5.41, 5.74) is 0. The smallest absolute Gasteiger partial charge is 0.0552 e. The molecule has 0 spiro atoms. The molecule has 0 aliphatic heterocycles. The fourth-order valence-electron chi connectivity index (χ4n) is 0.809. The molecule has 0 amide bonds. The van der Waals surface area contributed by atoms with E-state index in [9.17, 15) is 0 Å². The fraction of sp³-hybridized carbons (Fsp3) is 1.00. The highest BCUT2D eigenvalue weighted by molar-refractivity contribution is 7.99. The lowest BCUT2D eigenvalue weighted by Gasteiger charge is -2.06. The van der Waals surface area contributed by atoms with E-state index in [1.165, 1.54) is 12.2 Å². The van der Waals surface area contributed by atoms with Crippen molar-refractivity contribution in [1.29, 1.82) is 0 Å². The van der Waals surface area contributed by atoms with Gasteiger partial charge in [-0.15, -0.1) is 0 Å². The van der Waals surface area contributed by atoms with Crippen LogP contribution in [0.4, 0.5) is 0 Å². The Labute approximate surface area is 80.4 Å². The maximum absolute atomic E-state index is 4.95. The number of rotatable bonds is 8. The summed E-state index contributed by atoms with van der Waals surface area (Å²) < 4.78 is 4.95. The second-order valence-corrected chi connectivity index (χ2v) is 4.29. The molecule has 2 nitrogen and oxygen atoms in total. The lowest BCUT2D eigenvalue weighted by molar-refractivity contribution is 0.218.